The number of ether oxygens (including phenoxy) is 1. The highest BCUT2D eigenvalue weighted by atomic mass is 16.5. The average molecular weight is 486 g/mol. The normalized spacial score (nSPS) is 10.9. The van der Waals surface area contributed by atoms with Crippen LogP contribution in [0.15, 0.2) is 53.3 Å². The minimum Gasteiger partial charge on any atom is -0.494 e. The van der Waals surface area contributed by atoms with Crippen molar-refractivity contribution in [2.45, 2.75) is 13.5 Å². The van der Waals surface area contributed by atoms with Crippen molar-refractivity contribution in [3.63, 3.8) is 0 Å². The minimum atomic E-state index is -0.373. The van der Waals surface area contributed by atoms with Crippen molar-refractivity contribution < 1.29 is 14.3 Å². The van der Waals surface area contributed by atoms with Gasteiger partial charge >= 0.3 is 0 Å². The summed E-state index contributed by atoms with van der Waals surface area (Å²) in [7, 11) is 3.38. The highest BCUT2D eigenvalue weighted by molar-refractivity contribution is 5.83. The van der Waals surface area contributed by atoms with E-state index in [0.717, 1.165) is 5.69 Å². The van der Waals surface area contributed by atoms with Gasteiger partial charge in [-0.3, -0.25) is 4.68 Å². The Balaban J connectivity index is 1.56. The molecule has 13 nitrogen and oxygen atoms in total. The van der Waals surface area contributed by atoms with E-state index < -0.39 is 0 Å². The Bertz CT molecular complexity index is 1500. The lowest BCUT2D eigenvalue weighted by Crippen LogP contribution is -2.02. The molecule has 0 aliphatic heterocycles. The summed E-state index contributed by atoms with van der Waals surface area (Å²) in [5.41, 5.74) is 3.28. The molecule has 13 heteroatoms. The Kier molecular flexibility index (Phi) is 6.19. The second-order valence-electron chi connectivity index (χ2n) is 7.71. The topological polar surface area (TPSA) is 162 Å². The van der Waals surface area contributed by atoms with Gasteiger partial charge in [0, 0.05) is 19.3 Å². The summed E-state index contributed by atoms with van der Waals surface area (Å²) >= 11 is 0. The molecule has 4 aromatic heterocycles. The molecule has 0 amide bonds. The summed E-state index contributed by atoms with van der Waals surface area (Å²) in [6, 6.07) is 11.0. The number of nitrogens with zero attached hydrogens (tertiary/aromatic N) is 8. The third-order valence-corrected chi connectivity index (χ3v) is 5.12. The van der Waals surface area contributed by atoms with Gasteiger partial charge in [-0.05, 0) is 31.2 Å². The molecular weight excluding hydrogens is 464 g/mol. The highest BCUT2D eigenvalue weighted by Gasteiger charge is 2.19. The molecule has 0 aliphatic rings. The van der Waals surface area contributed by atoms with E-state index in [-0.39, 0.29) is 18.4 Å². The maximum Gasteiger partial charge on any atom is 0.251 e. The van der Waals surface area contributed by atoms with Crippen molar-refractivity contribution in [1.82, 2.24) is 40.1 Å². The number of aliphatic hydroxyl groups is 1. The molecule has 0 unspecified atom stereocenters. The molecule has 4 heterocycles. The van der Waals surface area contributed by atoms with E-state index in [1.165, 1.54) is 0 Å². The maximum atomic E-state index is 9.36. The second-order valence-corrected chi connectivity index (χ2v) is 7.71. The van der Waals surface area contributed by atoms with Gasteiger partial charge in [-0.2, -0.15) is 10.2 Å². The van der Waals surface area contributed by atoms with Crippen LogP contribution in [0.25, 0.3) is 22.8 Å². The SMILES string of the molecule is COc1c(Nc2cc(Nc3ccc(C)nn3)ncc2-c2nnc(CO)o2)cccc1-c1ncn(C)n1. The van der Waals surface area contributed by atoms with Crippen molar-refractivity contribution in [2.24, 2.45) is 7.05 Å². The van der Waals surface area contributed by atoms with Gasteiger partial charge in [-0.25, -0.2) is 9.97 Å². The highest BCUT2D eigenvalue weighted by Crippen LogP contribution is 2.39. The quantitative estimate of drug-likeness (QED) is 0.294. The number of hydrogen-bond acceptors (Lipinski definition) is 12. The van der Waals surface area contributed by atoms with E-state index in [2.05, 4.69) is 46.1 Å². The van der Waals surface area contributed by atoms with Crippen molar-refractivity contribution in [3.05, 3.63) is 60.5 Å². The number of hydrogen-bond donors (Lipinski definition) is 3. The second kappa shape index (κ2) is 9.76. The maximum absolute atomic E-state index is 9.36. The monoisotopic (exact) mass is 486 g/mol. The number of aliphatic hydroxyl groups excluding tert-OH is 1. The van der Waals surface area contributed by atoms with Gasteiger partial charge in [-0.15, -0.1) is 15.3 Å². The molecule has 0 fully saturated rings. The van der Waals surface area contributed by atoms with Crippen LogP contribution in [0.3, 0.4) is 0 Å². The molecule has 5 rings (SSSR count). The van der Waals surface area contributed by atoms with E-state index in [0.29, 0.717) is 45.7 Å². The van der Waals surface area contributed by atoms with Crippen LogP contribution in [0.5, 0.6) is 5.75 Å². The van der Waals surface area contributed by atoms with Crippen LogP contribution in [-0.4, -0.2) is 52.4 Å². The number of pyridine rings is 1. The molecule has 1 aromatic carbocycles. The van der Waals surface area contributed by atoms with Gasteiger partial charge in [0.25, 0.3) is 5.89 Å². The van der Waals surface area contributed by atoms with Crippen LogP contribution < -0.4 is 15.4 Å². The fourth-order valence-electron chi connectivity index (χ4n) is 3.46. The molecule has 182 valence electrons. The molecule has 0 saturated carbocycles. The lowest BCUT2D eigenvalue weighted by atomic mass is 10.1. The van der Waals surface area contributed by atoms with Gasteiger partial charge in [0.05, 0.1) is 35.3 Å². The van der Waals surface area contributed by atoms with Crippen LogP contribution in [-0.2, 0) is 13.7 Å². The first-order chi connectivity index (χ1) is 17.5. The van der Waals surface area contributed by atoms with Gasteiger partial charge < -0.3 is 24.9 Å². The number of anilines is 4. The summed E-state index contributed by atoms with van der Waals surface area (Å²) in [6.07, 6.45) is 3.20. The molecule has 0 bridgehead atoms. The zero-order chi connectivity index (χ0) is 25.1. The number of benzene rings is 1. The van der Waals surface area contributed by atoms with Gasteiger partial charge in [0.1, 0.15) is 18.8 Å². The molecule has 3 N–H and O–H groups in total. The molecule has 0 spiro atoms. The molecule has 0 aliphatic carbocycles. The summed E-state index contributed by atoms with van der Waals surface area (Å²) in [5.74, 6) is 2.39. The van der Waals surface area contributed by atoms with Gasteiger partial charge in [-0.1, -0.05) is 6.07 Å². The van der Waals surface area contributed by atoms with Crippen molar-refractivity contribution in [3.8, 4) is 28.6 Å². The number of aromatic nitrogens is 8. The first kappa shape index (κ1) is 22.9. The van der Waals surface area contributed by atoms with Crippen molar-refractivity contribution >= 4 is 23.0 Å². The smallest absolute Gasteiger partial charge is 0.251 e. The summed E-state index contributed by atoms with van der Waals surface area (Å²) < 4.78 is 12.9. The van der Waals surface area contributed by atoms with Crippen LogP contribution in [0, 0.1) is 6.92 Å². The third-order valence-electron chi connectivity index (χ3n) is 5.12. The lowest BCUT2D eigenvalue weighted by molar-refractivity contribution is 0.241. The zero-order valence-corrected chi connectivity index (χ0v) is 19.7. The van der Waals surface area contributed by atoms with Crippen LogP contribution >= 0.6 is 0 Å². The van der Waals surface area contributed by atoms with Gasteiger partial charge in [0.15, 0.2) is 17.4 Å². The Morgan fingerprint density at radius 1 is 0.972 bits per heavy atom. The fraction of sp³-hybridized carbons (Fsp3) is 0.174. The molecule has 0 radical (unpaired) electrons. The summed E-state index contributed by atoms with van der Waals surface area (Å²) in [6.45, 7) is 1.49. The van der Waals surface area contributed by atoms with Crippen molar-refractivity contribution in [1.29, 1.82) is 0 Å². The molecule has 5 aromatic rings. The standard InChI is InChI=1S/C23H22N10O3/c1-13-7-8-18(29-28-13)27-19-9-17(15(10-24-19)23-31-30-20(11-34)36-23)26-16-6-4-5-14(21(16)35-3)22-25-12-33(2)32-22/h4-10,12,34H,11H2,1-3H3,(H2,24,26,27,29). The summed E-state index contributed by atoms with van der Waals surface area (Å²) in [5, 5.41) is 36.3. The van der Waals surface area contributed by atoms with E-state index in [9.17, 15) is 5.11 Å². The number of nitrogens with one attached hydrogen (secondary N) is 2. The van der Waals surface area contributed by atoms with E-state index in [4.69, 9.17) is 9.15 Å². The zero-order valence-electron chi connectivity index (χ0n) is 19.7. The Hall–Kier alpha value is -4.91. The minimum absolute atomic E-state index is 0.0916. The van der Waals surface area contributed by atoms with Crippen molar-refractivity contribution in [2.75, 3.05) is 17.7 Å². The molecule has 0 atom stereocenters. The fourth-order valence-corrected chi connectivity index (χ4v) is 3.46. The Labute approximate surface area is 205 Å². The third kappa shape index (κ3) is 4.67. The van der Waals surface area contributed by atoms with Gasteiger partial charge in [0.2, 0.25) is 5.89 Å². The van der Waals surface area contributed by atoms with E-state index >= 15 is 0 Å². The number of aryl methyl sites for hydroxylation is 2. The first-order valence-electron chi connectivity index (χ1n) is 10.8. The first-order valence-corrected chi connectivity index (χ1v) is 10.8. The summed E-state index contributed by atoms with van der Waals surface area (Å²) in [4.78, 5) is 8.80. The lowest BCUT2D eigenvalue weighted by Gasteiger charge is -2.16. The van der Waals surface area contributed by atoms with E-state index in [1.807, 2.05) is 37.3 Å². The Morgan fingerprint density at radius 3 is 2.56 bits per heavy atom. The molecule has 36 heavy (non-hydrogen) atoms. The predicted octanol–water partition coefficient (Wildman–Crippen LogP) is 3.01. The number of para-hydroxylation sites is 1. The number of rotatable bonds is 8. The molecular formula is C23H22N10O3. The number of methoxy groups -OCH3 is 1. The predicted molar refractivity (Wildman–Crippen MR) is 130 cm³/mol. The molecule has 0 saturated heterocycles. The van der Waals surface area contributed by atoms with Crippen LogP contribution in [0.2, 0.25) is 0 Å². The Morgan fingerprint density at radius 2 is 1.86 bits per heavy atom. The largest absolute Gasteiger partial charge is 0.494 e. The van der Waals surface area contributed by atoms with E-state index in [1.54, 1.807) is 37.4 Å². The average Bonchev–Trinajstić information content (AvgIpc) is 3.54. The van der Waals surface area contributed by atoms with Crippen LogP contribution in [0.1, 0.15) is 11.6 Å². The van der Waals surface area contributed by atoms with Crippen LogP contribution in [0.4, 0.5) is 23.0 Å².